The van der Waals surface area contributed by atoms with Gasteiger partial charge in [-0.2, -0.15) is 0 Å². The van der Waals surface area contributed by atoms with Crippen molar-refractivity contribution in [2.45, 2.75) is 32.3 Å². The molecule has 3 heterocycles. The van der Waals surface area contributed by atoms with E-state index in [0.29, 0.717) is 6.10 Å². The van der Waals surface area contributed by atoms with Gasteiger partial charge in [0, 0.05) is 38.3 Å². The molecule has 1 aromatic heterocycles. The van der Waals surface area contributed by atoms with Gasteiger partial charge in [-0.15, -0.1) is 0 Å². The summed E-state index contributed by atoms with van der Waals surface area (Å²) in [5, 5.41) is 3.17. The van der Waals surface area contributed by atoms with Gasteiger partial charge in [0.05, 0.1) is 6.54 Å². The van der Waals surface area contributed by atoms with Crippen molar-refractivity contribution in [1.29, 1.82) is 0 Å². The van der Waals surface area contributed by atoms with E-state index in [1.54, 1.807) is 0 Å². The smallest absolute Gasteiger partial charge is 0.225 e. The van der Waals surface area contributed by atoms with Crippen LogP contribution in [0.15, 0.2) is 36.5 Å². The Kier molecular flexibility index (Phi) is 4.38. The lowest BCUT2D eigenvalue weighted by Crippen LogP contribution is -2.38. The van der Waals surface area contributed by atoms with Crippen LogP contribution in [0.1, 0.15) is 25.3 Å². The summed E-state index contributed by atoms with van der Waals surface area (Å²) in [6.45, 7) is 4.81. The Labute approximate surface area is 125 Å². The third-order valence-corrected chi connectivity index (χ3v) is 3.92. The number of allylic oxidation sites excluding steroid dienone is 2. The second-order valence-corrected chi connectivity index (χ2v) is 5.42. The van der Waals surface area contributed by atoms with Gasteiger partial charge in [-0.25, -0.2) is 9.97 Å². The first-order valence-electron chi connectivity index (χ1n) is 7.67. The maximum Gasteiger partial charge on any atom is 0.225 e. The number of rotatable bonds is 4. The van der Waals surface area contributed by atoms with Crippen molar-refractivity contribution >= 4 is 5.95 Å². The maximum atomic E-state index is 6.03. The van der Waals surface area contributed by atoms with Crippen LogP contribution in [0, 0.1) is 0 Å². The number of aromatic nitrogens is 2. The minimum atomic E-state index is 0.302. The molecule has 21 heavy (non-hydrogen) atoms. The highest BCUT2D eigenvalue weighted by atomic mass is 16.5. The Bertz CT molecular complexity index is 516. The van der Waals surface area contributed by atoms with Crippen LogP contribution in [-0.4, -0.2) is 35.7 Å². The zero-order valence-electron chi connectivity index (χ0n) is 12.5. The summed E-state index contributed by atoms with van der Waals surface area (Å²) < 4.78 is 6.03. The highest BCUT2D eigenvalue weighted by Crippen LogP contribution is 2.20. The molecule has 0 spiro atoms. The number of aryl methyl sites for hydroxylation is 1. The summed E-state index contributed by atoms with van der Waals surface area (Å²) in [7, 11) is 0. The van der Waals surface area contributed by atoms with Crippen molar-refractivity contribution in [3.63, 3.8) is 0 Å². The van der Waals surface area contributed by atoms with Gasteiger partial charge < -0.3 is 15.0 Å². The fraction of sp³-hybridized carbons (Fsp3) is 0.500. The van der Waals surface area contributed by atoms with Crippen molar-refractivity contribution < 1.29 is 4.74 Å². The van der Waals surface area contributed by atoms with Crippen LogP contribution in [0.3, 0.4) is 0 Å². The van der Waals surface area contributed by atoms with Gasteiger partial charge in [0.2, 0.25) is 5.95 Å². The molecule has 112 valence electrons. The van der Waals surface area contributed by atoms with Crippen LogP contribution in [0.5, 0.6) is 0 Å². The fourth-order valence-corrected chi connectivity index (χ4v) is 2.60. The third-order valence-electron chi connectivity index (χ3n) is 3.92. The zero-order chi connectivity index (χ0) is 14.5. The van der Waals surface area contributed by atoms with Gasteiger partial charge >= 0.3 is 0 Å². The molecule has 0 aromatic carbocycles. The molecule has 2 aliphatic heterocycles. The third kappa shape index (κ3) is 3.54. The van der Waals surface area contributed by atoms with Gasteiger partial charge in [0.15, 0.2) is 0 Å². The number of anilines is 1. The Morgan fingerprint density at radius 3 is 2.67 bits per heavy atom. The molecular formula is C16H22N4O. The van der Waals surface area contributed by atoms with Crippen molar-refractivity contribution in [3.05, 3.63) is 42.1 Å². The van der Waals surface area contributed by atoms with E-state index in [9.17, 15) is 0 Å². The number of dihydropyridines is 1. The summed E-state index contributed by atoms with van der Waals surface area (Å²) in [4.78, 5) is 11.2. The molecule has 1 saturated heterocycles. The van der Waals surface area contributed by atoms with Crippen LogP contribution < -0.4 is 10.2 Å². The fourth-order valence-electron chi connectivity index (χ4n) is 2.60. The van der Waals surface area contributed by atoms with E-state index in [4.69, 9.17) is 4.74 Å². The standard InChI is InChI=1S/C16H22N4O/c1-2-13-10-18-16(19-11-13)20-8-5-14(6-9-20)21-15-4-3-7-17-12-15/h3-4,7,10-11,14,17H,2,5-6,8-9,12H2,1H3. The predicted octanol–water partition coefficient (Wildman–Crippen LogP) is 2.03. The average molecular weight is 286 g/mol. The summed E-state index contributed by atoms with van der Waals surface area (Å²) in [5.74, 6) is 1.87. The normalized spacial score (nSPS) is 19.1. The molecule has 0 saturated carbocycles. The quantitative estimate of drug-likeness (QED) is 0.918. The minimum absolute atomic E-state index is 0.302. The van der Waals surface area contributed by atoms with Crippen LogP contribution in [0.25, 0.3) is 0 Å². The molecule has 1 N–H and O–H groups in total. The molecule has 0 amide bonds. The van der Waals surface area contributed by atoms with Crippen LogP contribution in [0.4, 0.5) is 5.95 Å². The lowest BCUT2D eigenvalue weighted by molar-refractivity contribution is 0.0902. The van der Waals surface area contributed by atoms with Crippen molar-refractivity contribution in [2.75, 3.05) is 24.5 Å². The van der Waals surface area contributed by atoms with Crippen molar-refractivity contribution in [1.82, 2.24) is 15.3 Å². The Morgan fingerprint density at radius 2 is 2.05 bits per heavy atom. The van der Waals surface area contributed by atoms with E-state index in [1.807, 2.05) is 30.7 Å². The molecule has 1 fully saturated rings. The largest absolute Gasteiger partial charge is 0.493 e. The number of ether oxygens (including phenoxy) is 1. The molecule has 0 bridgehead atoms. The van der Waals surface area contributed by atoms with E-state index in [0.717, 1.165) is 50.6 Å². The first-order chi connectivity index (χ1) is 10.3. The zero-order valence-corrected chi connectivity index (χ0v) is 12.5. The number of hydrogen-bond acceptors (Lipinski definition) is 5. The molecule has 5 heteroatoms. The van der Waals surface area contributed by atoms with Gasteiger partial charge in [-0.3, -0.25) is 0 Å². The van der Waals surface area contributed by atoms with E-state index < -0.39 is 0 Å². The van der Waals surface area contributed by atoms with Crippen LogP contribution >= 0.6 is 0 Å². The molecule has 3 rings (SSSR count). The Morgan fingerprint density at radius 1 is 1.29 bits per heavy atom. The SMILES string of the molecule is CCc1cnc(N2CCC(OC3=CC=CNC3)CC2)nc1. The summed E-state index contributed by atoms with van der Waals surface area (Å²) >= 11 is 0. The van der Waals surface area contributed by atoms with Gasteiger partial charge in [0.25, 0.3) is 0 Å². The second kappa shape index (κ2) is 6.61. The number of hydrogen-bond donors (Lipinski definition) is 1. The molecule has 1 aromatic rings. The lowest BCUT2D eigenvalue weighted by Gasteiger charge is -2.32. The van der Waals surface area contributed by atoms with E-state index in [2.05, 4.69) is 27.1 Å². The topological polar surface area (TPSA) is 50.3 Å². The lowest BCUT2D eigenvalue weighted by atomic mass is 10.1. The summed E-state index contributed by atoms with van der Waals surface area (Å²) in [6, 6.07) is 0. The summed E-state index contributed by atoms with van der Waals surface area (Å²) in [5.41, 5.74) is 1.18. The monoisotopic (exact) mass is 286 g/mol. The molecule has 0 radical (unpaired) electrons. The van der Waals surface area contributed by atoms with Crippen LogP contribution in [0.2, 0.25) is 0 Å². The van der Waals surface area contributed by atoms with E-state index >= 15 is 0 Å². The minimum Gasteiger partial charge on any atom is -0.493 e. The van der Waals surface area contributed by atoms with E-state index in [1.165, 1.54) is 5.56 Å². The number of nitrogens with one attached hydrogen (secondary N) is 1. The Balaban J connectivity index is 1.52. The average Bonchev–Trinajstić information content (AvgIpc) is 2.57. The first-order valence-corrected chi connectivity index (χ1v) is 7.67. The van der Waals surface area contributed by atoms with Gasteiger partial charge in [0.1, 0.15) is 11.9 Å². The van der Waals surface area contributed by atoms with Crippen molar-refractivity contribution in [2.24, 2.45) is 0 Å². The molecule has 0 unspecified atom stereocenters. The molecular weight excluding hydrogens is 264 g/mol. The number of piperidine rings is 1. The summed E-state index contributed by atoms with van der Waals surface area (Å²) in [6.07, 6.45) is 13.1. The highest BCUT2D eigenvalue weighted by molar-refractivity contribution is 5.30. The van der Waals surface area contributed by atoms with Gasteiger partial charge in [-0.1, -0.05) is 6.92 Å². The molecule has 0 atom stereocenters. The first kappa shape index (κ1) is 13.9. The molecule has 5 nitrogen and oxygen atoms in total. The van der Waals surface area contributed by atoms with E-state index in [-0.39, 0.29) is 0 Å². The predicted molar refractivity (Wildman–Crippen MR) is 83.0 cm³/mol. The van der Waals surface area contributed by atoms with Crippen molar-refractivity contribution in [3.8, 4) is 0 Å². The second-order valence-electron chi connectivity index (χ2n) is 5.42. The maximum absolute atomic E-state index is 6.03. The molecule has 0 aliphatic carbocycles. The van der Waals surface area contributed by atoms with Gasteiger partial charge in [-0.05, 0) is 30.3 Å². The molecule has 2 aliphatic rings. The number of nitrogens with zero attached hydrogens (tertiary/aromatic N) is 3. The highest BCUT2D eigenvalue weighted by Gasteiger charge is 2.22. The van der Waals surface area contributed by atoms with Crippen LogP contribution in [-0.2, 0) is 11.2 Å². The Hall–Kier alpha value is -2.04.